The number of rotatable bonds is 4. The third-order valence-electron chi connectivity index (χ3n) is 2.13. The van der Waals surface area contributed by atoms with E-state index in [2.05, 4.69) is 4.98 Å². The summed E-state index contributed by atoms with van der Waals surface area (Å²) in [5, 5.41) is 0. The predicted molar refractivity (Wildman–Crippen MR) is 57.5 cm³/mol. The van der Waals surface area contributed by atoms with Gasteiger partial charge in [-0.25, -0.2) is 13.6 Å². The van der Waals surface area contributed by atoms with Gasteiger partial charge in [0.15, 0.2) is 0 Å². The second-order valence-electron chi connectivity index (χ2n) is 3.18. The molecule has 4 N–H and O–H groups in total. The molecule has 0 fully saturated rings. The molecule has 0 aliphatic rings. The van der Waals surface area contributed by atoms with Gasteiger partial charge in [0.25, 0.3) is 6.43 Å². The van der Waals surface area contributed by atoms with Crippen LogP contribution in [0, 0.1) is 0 Å². The lowest BCUT2D eigenvalue weighted by atomic mass is 10.0. The first-order valence-corrected chi connectivity index (χ1v) is 4.95. The number of hydrogen-bond acceptors (Lipinski definition) is 5. The molecule has 0 spiro atoms. The molecule has 1 aromatic rings. The van der Waals surface area contributed by atoms with E-state index in [1.807, 2.05) is 0 Å². The number of carbonyl (C=O) groups is 1. The summed E-state index contributed by atoms with van der Waals surface area (Å²) in [6.45, 7) is 1.46. The van der Waals surface area contributed by atoms with Crippen molar-refractivity contribution < 1.29 is 18.3 Å². The number of pyridine rings is 1. The standard InChI is InChI=1S/C10H13F2N3O2/c1-2-17-10(16)7-5(3-13)8(9(11)12)15-4-6(7)14/h4,9H,2-3,13-14H2,1H3. The molecule has 0 radical (unpaired) electrons. The lowest BCUT2D eigenvalue weighted by Gasteiger charge is -2.13. The van der Waals surface area contributed by atoms with E-state index in [1.54, 1.807) is 6.92 Å². The second kappa shape index (κ2) is 5.53. The summed E-state index contributed by atoms with van der Waals surface area (Å²) < 4.78 is 30.1. The van der Waals surface area contributed by atoms with E-state index < -0.39 is 18.1 Å². The van der Waals surface area contributed by atoms with Crippen LogP contribution in [0.2, 0.25) is 0 Å². The minimum Gasteiger partial charge on any atom is -0.462 e. The summed E-state index contributed by atoms with van der Waals surface area (Å²) in [6, 6.07) is 0. The number of carbonyl (C=O) groups excluding carboxylic acids is 1. The van der Waals surface area contributed by atoms with Gasteiger partial charge in [0.1, 0.15) is 5.69 Å². The Morgan fingerprint density at radius 3 is 2.71 bits per heavy atom. The van der Waals surface area contributed by atoms with E-state index in [1.165, 1.54) is 0 Å². The molecule has 0 saturated carbocycles. The molecule has 94 valence electrons. The number of esters is 1. The van der Waals surface area contributed by atoms with Crippen LogP contribution in [0.1, 0.15) is 35.0 Å². The highest BCUT2D eigenvalue weighted by Gasteiger charge is 2.23. The fraction of sp³-hybridized carbons (Fsp3) is 0.400. The molecule has 0 aliphatic heterocycles. The lowest BCUT2D eigenvalue weighted by Crippen LogP contribution is -2.17. The smallest absolute Gasteiger partial charge is 0.340 e. The van der Waals surface area contributed by atoms with Crippen LogP contribution in [0.4, 0.5) is 14.5 Å². The normalized spacial score (nSPS) is 10.6. The van der Waals surface area contributed by atoms with Crippen LogP contribution in [0.25, 0.3) is 0 Å². The van der Waals surface area contributed by atoms with Crippen LogP contribution < -0.4 is 11.5 Å². The van der Waals surface area contributed by atoms with Crippen molar-refractivity contribution in [3.8, 4) is 0 Å². The monoisotopic (exact) mass is 245 g/mol. The van der Waals surface area contributed by atoms with Crippen molar-refractivity contribution >= 4 is 11.7 Å². The topological polar surface area (TPSA) is 91.2 Å². The summed E-state index contributed by atoms with van der Waals surface area (Å²) in [5.41, 5.74) is 10.1. The molecule has 1 rings (SSSR count). The summed E-state index contributed by atoms with van der Waals surface area (Å²) >= 11 is 0. The number of hydrogen-bond donors (Lipinski definition) is 2. The van der Waals surface area contributed by atoms with Crippen LogP contribution >= 0.6 is 0 Å². The van der Waals surface area contributed by atoms with Gasteiger partial charge >= 0.3 is 5.97 Å². The molecule has 0 aromatic carbocycles. The molecule has 5 nitrogen and oxygen atoms in total. The largest absolute Gasteiger partial charge is 0.462 e. The van der Waals surface area contributed by atoms with Gasteiger partial charge in [0.05, 0.1) is 24.1 Å². The summed E-state index contributed by atoms with van der Waals surface area (Å²) in [4.78, 5) is 15.1. The van der Waals surface area contributed by atoms with Crippen LogP contribution in [0.3, 0.4) is 0 Å². The quantitative estimate of drug-likeness (QED) is 0.778. The maximum Gasteiger partial charge on any atom is 0.340 e. The fourth-order valence-corrected chi connectivity index (χ4v) is 1.42. The second-order valence-corrected chi connectivity index (χ2v) is 3.18. The van der Waals surface area contributed by atoms with Crippen molar-refractivity contribution in [2.24, 2.45) is 5.73 Å². The third-order valence-corrected chi connectivity index (χ3v) is 2.13. The summed E-state index contributed by atoms with van der Waals surface area (Å²) in [7, 11) is 0. The molecule has 1 heterocycles. The van der Waals surface area contributed by atoms with E-state index in [4.69, 9.17) is 16.2 Å². The van der Waals surface area contributed by atoms with Crippen LogP contribution in [0.5, 0.6) is 0 Å². The first-order valence-electron chi connectivity index (χ1n) is 4.95. The molecular weight excluding hydrogens is 232 g/mol. The van der Waals surface area contributed by atoms with Gasteiger partial charge in [-0.3, -0.25) is 4.98 Å². The van der Waals surface area contributed by atoms with E-state index in [9.17, 15) is 13.6 Å². The molecule has 7 heteroatoms. The molecule has 0 amide bonds. The summed E-state index contributed by atoms with van der Waals surface area (Å²) in [6.07, 6.45) is -1.81. The summed E-state index contributed by atoms with van der Waals surface area (Å²) in [5.74, 6) is -0.769. The molecule has 0 saturated heterocycles. The van der Waals surface area contributed by atoms with E-state index >= 15 is 0 Å². The van der Waals surface area contributed by atoms with Crippen molar-refractivity contribution in [3.63, 3.8) is 0 Å². The molecule has 0 aliphatic carbocycles. The van der Waals surface area contributed by atoms with Gasteiger partial charge in [-0.1, -0.05) is 0 Å². The number of alkyl halides is 2. The van der Waals surface area contributed by atoms with Gasteiger partial charge in [0, 0.05) is 12.1 Å². The number of ether oxygens (including phenoxy) is 1. The van der Waals surface area contributed by atoms with E-state index in [0.29, 0.717) is 0 Å². The van der Waals surface area contributed by atoms with Crippen molar-refractivity contribution in [1.82, 2.24) is 4.98 Å². The first kappa shape index (κ1) is 13.3. The van der Waals surface area contributed by atoms with Gasteiger partial charge in [-0.2, -0.15) is 0 Å². The molecule has 1 aromatic heterocycles. The van der Waals surface area contributed by atoms with Crippen molar-refractivity contribution in [3.05, 3.63) is 23.0 Å². The minimum absolute atomic E-state index is 0.0201. The van der Waals surface area contributed by atoms with Crippen molar-refractivity contribution in [2.45, 2.75) is 19.9 Å². The zero-order valence-corrected chi connectivity index (χ0v) is 9.24. The Morgan fingerprint density at radius 1 is 1.59 bits per heavy atom. The Labute approximate surface area is 96.8 Å². The maximum absolute atomic E-state index is 12.7. The number of nitrogens with zero attached hydrogens (tertiary/aromatic N) is 1. The fourth-order valence-electron chi connectivity index (χ4n) is 1.42. The minimum atomic E-state index is -2.82. The van der Waals surface area contributed by atoms with Crippen LogP contribution in [-0.2, 0) is 11.3 Å². The Bertz CT molecular complexity index is 424. The molecule has 0 bridgehead atoms. The van der Waals surface area contributed by atoms with Gasteiger partial charge in [-0.05, 0) is 6.92 Å². The van der Waals surface area contributed by atoms with Crippen molar-refractivity contribution in [1.29, 1.82) is 0 Å². The van der Waals surface area contributed by atoms with Crippen molar-refractivity contribution in [2.75, 3.05) is 12.3 Å². The van der Waals surface area contributed by atoms with Gasteiger partial charge in [0.2, 0.25) is 0 Å². The predicted octanol–water partition coefficient (Wildman–Crippen LogP) is 1.24. The first-order chi connectivity index (χ1) is 8.02. The number of nitrogen functional groups attached to an aromatic ring is 1. The average Bonchev–Trinajstić information content (AvgIpc) is 2.28. The average molecular weight is 245 g/mol. The zero-order chi connectivity index (χ0) is 13.0. The SMILES string of the molecule is CCOC(=O)c1c(N)cnc(C(F)F)c1CN. The Kier molecular flexibility index (Phi) is 4.33. The highest BCUT2D eigenvalue weighted by atomic mass is 19.3. The van der Waals surface area contributed by atoms with Crippen LogP contribution in [0.15, 0.2) is 6.20 Å². The number of halogens is 2. The number of aromatic nitrogens is 1. The maximum atomic E-state index is 12.7. The van der Waals surface area contributed by atoms with Gasteiger partial charge in [-0.15, -0.1) is 0 Å². The Morgan fingerprint density at radius 2 is 2.24 bits per heavy atom. The Hall–Kier alpha value is -1.76. The number of anilines is 1. The Balaban J connectivity index is 3.35. The van der Waals surface area contributed by atoms with E-state index in [0.717, 1.165) is 6.20 Å². The molecule has 0 atom stereocenters. The van der Waals surface area contributed by atoms with E-state index in [-0.39, 0.29) is 30.0 Å². The highest BCUT2D eigenvalue weighted by molar-refractivity contribution is 5.96. The highest BCUT2D eigenvalue weighted by Crippen LogP contribution is 2.27. The lowest BCUT2D eigenvalue weighted by molar-refractivity contribution is 0.0525. The van der Waals surface area contributed by atoms with Crippen LogP contribution in [-0.4, -0.2) is 17.6 Å². The molecule has 0 unspecified atom stereocenters. The third kappa shape index (κ3) is 2.68. The molecule has 17 heavy (non-hydrogen) atoms. The van der Waals surface area contributed by atoms with Gasteiger partial charge < -0.3 is 16.2 Å². The molecular formula is C10H13F2N3O2. The number of nitrogens with two attached hydrogens (primary N) is 2. The zero-order valence-electron chi connectivity index (χ0n) is 9.24.